The summed E-state index contributed by atoms with van der Waals surface area (Å²) in [6, 6.07) is 14.5. The number of nitrogens with zero attached hydrogens (tertiary/aromatic N) is 1. The van der Waals surface area contributed by atoms with E-state index < -0.39 is 29.6 Å². The van der Waals surface area contributed by atoms with Crippen LogP contribution in [-0.4, -0.2) is 21.0 Å². The molecule has 0 fully saturated rings. The van der Waals surface area contributed by atoms with Crippen molar-refractivity contribution in [3.8, 4) is 16.3 Å². The Morgan fingerprint density at radius 3 is 2.56 bits per heavy atom. The summed E-state index contributed by atoms with van der Waals surface area (Å²) < 4.78 is 60.0. The van der Waals surface area contributed by atoms with E-state index in [1.54, 1.807) is 30.5 Å². The van der Waals surface area contributed by atoms with Crippen molar-refractivity contribution < 1.29 is 32.2 Å². The Kier molecular flexibility index (Phi) is 8.06. The molecule has 0 aliphatic carbocycles. The maximum absolute atomic E-state index is 14.5. The Labute approximate surface area is 241 Å². The van der Waals surface area contributed by atoms with Gasteiger partial charge in [-0.25, -0.2) is 9.37 Å². The van der Waals surface area contributed by atoms with E-state index in [9.17, 15) is 27.5 Å². The highest BCUT2D eigenvalue weighted by Crippen LogP contribution is 2.37. The van der Waals surface area contributed by atoms with E-state index in [2.05, 4.69) is 4.98 Å². The highest BCUT2D eigenvalue weighted by molar-refractivity contribution is 7.15. The highest BCUT2D eigenvalue weighted by Gasteiger charge is 2.30. The van der Waals surface area contributed by atoms with Crippen LogP contribution in [0.15, 0.2) is 66.9 Å². The van der Waals surface area contributed by atoms with Gasteiger partial charge in [-0.2, -0.15) is 13.2 Å². The molecule has 11 heteroatoms. The van der Waals surface area contributed by atoms with Gasteiger partial charge >= 0.3 is 12.1 Å². The number of nitrogens with one attached hydrogen (secondary N) is 1. The number of hydrogen-bond donors (Lipinski definition) is 2. The van der Waals surface area contributed by atoms with Crippen LogP contribution in [0.2, 0.25) is 5.02 Å². The Morgan fingerprint density at radius 1 is 1.12 bits per heavy atom. The number of H-pyrrole nitrogens is 1. The monoisotopic (exact) mass is 602 g/mol. The number of hydrogen-bond acceptors (Lipinski definition) is 4. The second kappa shape index (κ2) is 11.5. The lowest BCUT2D eigenvalue weighted by atomic mass is 10.1. The van der Waals surface area contributed by atoms with Gasteiger partial charge in [-0.15, -0.1) is 11.3 Å². The van der Waals surface area contributed by atoms with Crippen molar-refractivity contribution >= 4 is 39.8 Å². The third kappa shape index (κ3) is 6.39. The fourth-order valence-corrected chi connectivity index (χ4v) is 5.95. The molecule has 0 radical (unpaired) electrons. The van der Waals surface area contributed by atoms with Gasteiger partial charge in [-0.3, -0.25) is 4.79 Å². The molecular weight excluding hydrogens is 580 g/mol. The van der Waals surface area contributed by atoms with E-state index in [0.717, 1.165) is 27.9 Å². The quantitative estimate of drug-likeness (QED) is 0.166. The first-order chi connectivity index (χ1) is 19.5. The molecule has 5 nitrogen and oxygen atoms in total. The van der Waals surface area contributed by atoms with Crippen molar-refractivity contribution in [1.29, 1.82) is 0 Å². The van der Waals surface area contributed by atoms with Crippen LogP contribution in [0.4, 0.5) is 17.6 Å². The maximum Gasteiger partial charge on any atom is 0.416 e. The van der Waals surface area contributed by atoms with Gasteiger partial charge in [0.2, 0.25) is 0 Å². The molecule has 0 saturated heterocycles. The molecule has 3 aromatic carbocycles. The molecule has 212 valence electrons. The summed E-state index contributed by atoms with van der Waals surface area (Å²) in [5.74, 6) is -0.882. The first kappa shape index (κ1) is 28.6. The van der Waals surface area contributed by atoms with Crippen molar-refractivity contribution in [3.05, 3.63) is 105 Å². The number of aryl methyl sites for hydroxylation is 1. The SMILES string of the molecule is CC(Oc1ccc2[nH]cc(CC(=O)O)c2c1)c1sc(-c2ccc(C(F)(F)F)cc2)nc1CCc1c(F)cccc1Cl. The lowest BCUT2D eigenvalue weighted by molar-refractivity contribution is -0.138. The van der Waals surface area contributed by atoms with Gasteiger partial charge in [-0.1, -0.05) is 29.8 Å². The lowest BCUT2D eigenvalue weighted by Gasteiger charge is -2.15. The molecule has 5 aromatic rings. The third-order valence-electron chi connectivity index (χ3n) is 6.62. The smallest absolute Gasteiger partial charge is 0.416 e. The predicted molar refractivity (Wildman–Crippen MR) is 150 cm³/mol. The molecule has 5 rings (SSSR count). The van der Waals surface area contributed by atoms with Crippen molar-refractivity contribution in [3.63, 3.8) is 0 Å². The average molecular weight is 603 g/mol. The summed E-state index contributed by atoms with van der Waals surface area (Å²) in [6.45, 7) is 1.82. The van der Waals surface area contributed by atoms with Crippen LogP contribution in [0.3, 0.4) is 0 Å². The van der Waals surface area contributed by atoms with Gasteiger partial charge in [0.25, 0.3) is 0 Å². The van der Waals surface area contributed by atoms with Crippen LogP contribution in [0.1, 0.15) is 40.3 Å². The number of fused-ring (bicyclic) bond motifs is 1. The Bertz CT molecular complexity index is 1690. The van der Waals surface area contributed by atoms with Crippen LogP contribution < -0.4 is 4.74 Å². The number of aromatic amines is 1. The summed E-state index contributed by atoms with van der Waals surface area (Å²) in [6.07, 6.45) is -2.90. The summed E-state index contributed by atoms with van der Waals surface area (Å²) >= 11 is 7.51. The number of alkyl halides is 3. The van der Waals surface area contributed by atoms with Gasteiger partial charge in [0.05, 0.1) is 22.6 Å². The van der Waals surface area contributed by atoms with E-state index in [4.69, 9.17) is 21.3 Å². The Balaban J connectivity index is 1.46. The van der Waals surface area contributed by atoms with Crippen molar-refractivity contribution in [1.82, 2.24) is 9.97 Å². The van der Waals surface area contributed by atoms with Gasteiger partial charge in [-0.05, 0) is 67.8 Å². The van der Waals surface area contributed by atoms with Crippen molar-refractivity contribution in [2.75, 3.05) is 0 Å². The highest BCUT2D eigenvalue weighted by atomic mass is 35.5. The molecule has 0 spiro atoms. The second-order valence-electron chi connectivity index (χ2n) is 9.46. The number of halogens is 5. The molecule has 0 aliphatic rings. The summed E-state index contributed by atoms with van der Waals surface area (Å²) in [4.78, 5) is 19.8. The zero-order valence-corrected chi connectivity index (χ0v) is 23.1. The van der Waals surface area contributed by atoms with E-state index in [1.807, 2.05) is 6.92 Å². The summed E-state index contributed by atoms with van der Waals surface area (Å²) in [5.41, 5.74) is 2.11. The zero-order valence-electron chi connectivity index (χ0n) is 21.6. The van der Waals surface area contributed by atoms with Crippen molar-refractivity contribution in [2.45, 2.75) is 38.5 Å². The molecule has 2 aromatic heterocycles. The number of carboxylic acids is 1. The molecule has 0 saturated carbocycles. The maximum atomic E-state index is 14.5. The molecule has 2 heterocycles. The van der Waals surface area contributed by atoms with E-state index >= 15 is 0 Å². The van der Waals surface area contributed by atoms with Crippen LogP contribution in [0.5, 0.6) is 5.75 Å². The van der Waals surface area contributed by atoms with Crippen LogP contribution in [0, 0.1) is 5.82 Å². The van der Waals surface area contributed by atoms with E-state index in [0.29, 0.717) is 44.6 Å². The fraction of sp³-hybridized carbons (Fsp3) is 0.200. The van der Waals surface area contributed by atoms with Gasteiger partial charge in [0.1, 0.15) is 22.7 Å². The number of benzene rings is 3. The van der Waals surface area contributed by atoms with Crippen molar-refractivity contribution in [2.24, 2.45) is 0 Å². The molecule has 0 aliphatic heterocycles. The molecule has 1 atom stereocenters. The average Bonchev–Trinajstić information content (AvgIpc) is 3.52. The number of thiazole rings is 1. The number of carboxylic acid groups (broad SMARTS) is 1. The number of aliphatic carboxylic acids is 1. The van der Waals surface area contributed by atoms with Gasteiger partial charge in [0, 0.05) is 33.2 Å². The number of aromatic nitrogens is 2. The first-order valence-electron chi connectivity index (χ1n) is 12.6. The van der Waals surface area contributed by atoms with Gasteiger partial charge < -0.3 is 14.8 Å². The minimum absolute atomic E-state index is 0.146. The minimum atomic E-state index is -4.45. The second-order valence-corrected chi connectivity index (χ2v) is 10.9. The van der Waals surface area contributed by atoms with Crippen LogP contribution in [0.25, 0.3) is 21.5 Å². The summed E-state index contributed by atoms with van der Waals surface area (Å²) in [5, 5.41) is 10.7. The van der Waals surface area contributed by atoms with Crippen LogP contribution in [-0.2, 0) is 30.2 Å². The lowest BCUT2D eigenvalue weighted by Crippen LogP contribution is -2.06. The Morgan fingerprint density at radius 2 is 1.88 bits per heavy atom. The molecule has 41 heavy (non-hydrogen) atoms. The number of rotatable bonds is 9. The zero-order chi connectivity index (χ0) is 29.3. The molecular formula is C30H23ClF4N2O3S. The topological polar surface area (TPSA) is 75.2 Å². The van der Waals surface area contributed by atoms with E-state index in [1.165, 1.54) is 35.6 Å². The van der Waals surface area contributed by atoms with E-state index in [-0.39, 0.29) is 12.8 Å². The normalized spacial score (nSPS) is 12.5. The van der Waals surface area contributed by atoms with Crippen LogP contribution >= 0.6 is 22.9 Å². The largest absolute Gasteiger partial charge is 0.485 e. The molecule has 1 unspecified atom stereocenters. The summed E-state index contributed by atoms with van der Waals surface area (Å²) in [7, 11) is 0. The first-order valence-corrected chi connectivity index (χ1v) is 13.8. The third-order valence-corrected chi connectivity index (χ3v) is 8.28. The predicted octanol–water partition coefficient (Wildman–Crippen LogP) is 8.66. The molecule has 0 amide bonds. The fourth-order valence-electron chi connectivity index (χ4n) is 4.60. The van der Waals surface area contributed by atoms with Gasteiger partial charge in [0.15, 0.2) is 0 Å². The number of carbonyl (C=O) groups is 1. The molecule has 0 bridgehead atoms. The standard InChI is InChI=1S/C30H23ClF4N2O3S/c1-16(40-20-9-11-25-22(14-20)18(15-36-25)13-27(38)39)28-26(12-10-21-23(31)3-2-4-24(21)32)37-29(41-28)17-5-7-19(8-6-17)30(33,34)35/h2-9,11,14-16,36H,10,12-13H2,1H3,(H,38,39). The molecule has 2 N–H and O–H groups in total. The Hall–Kier alpha value is -3.89. The number of ether oxygens (including phenoxy) is 1. The minimum Gasteiger partial charge on any atom is -0.485 e.